The molecule has 1 heterocycles. The summed E-state index contributed by atoms with van der Waals surface area (Å²) in [5.41, 5.74) is 0.977. The number of aromatic nitrogens is 1. The fourth-order valence-electron chi connectivity index (χ4n) is 0.481. The number of rotatable bonds is 1. The van der Waals surface area contributed by atoms with Crippen LogP contribution >= 0.6 is 15.9 Å². The topological polar surface area (TPSA) is 26.0 Å². The van der Waals surface area contributed by atoms with Crippen molar-refractivity contribution < 1.29 is 4.52 Å². The monoisotopic (exact) mass is 175 g/mol. The Morgan fingerprint density at radius 2 is 2.62 bits per heavy atom. The van der Waals surface area contributed by atoms with Crippen LogP contribution in [0.5, 0.6) is 0 Å². The van der Waals surface area contributed by atoms with E-state index in [2.05, 4.69) is 25.6 Å². The molecule has 0 aliphatic carbocycles. The highest BCUT2D eigenvalue weighted by atomic mass is 79.9. The van der Waals surface area contributed by atoms with E-state index in [-0.39, 0.29) is 0 Å². The quantitative estimate of drug-likeness (QED) is 0.653. The van der Waals surface area contributed by atoms with Gasteiger partial charge in [0.05, 0.1) is 10.2 Å². The molecule has 0 radical (unpaired) electrons. The van der Waals surface area contributed by atoms with Gasteiger partial charge in [0.2, 0.25) is 0 Å². The van der Waals surface area contributed by atoms with Gasteiger partial charge in [-0.1, -0.05) is 12.1 Å². The molecule has 1 rings (SSSR count). The van der Waals surface area contributed by atoms with E-state index in [1.54, 1.807) is 6.26 Å². The van der Waals surface area contributed by atoms with E-state index in [4.69, 9.17) is 0 Å². The third-order valence-electron chi connectivity index (χ3n) is 0.930. The maximum absolute atomic E-state index is 4.64. The predicted molar refractivity (Wildman–Crippen MR) is 33.6 cm³/mol. The fraction of sp³-hybridized carbons (Fsp3) is 0.400. The molecule has 0 spiro atoms. The van der Waals surface area contributed by atoms with Gasteiger partial charge in [0, 0.05) is 0 Å². The zero-order chi connectivity index (χ0) is 5.98. The molecule has 1 aromatic heterocycles. The Kier molecular flexibility index (Phi) is 1.68. The first kappa shape index (κ1) is 5.82. The molecule has 0 fully saturated rings. The summed E-state index contributed by atoms with van der Waals surface area (Å²) in [7, 11) is 0. The average molecular weight is 176 g/mol. The van der Waals surface area contributed by atoms with E-state index in [0.717, 1.165) is 16.6 Å². The SMILES string of the molecule is CCc1nocc1Br. The van der Waals surface area contributed by atoms with Gasteiger partial charge in [0.25, 0.3) is 0 Å². The van der Waals surface area contributed by atoms with E-state index < -0.39 is 0 Å². The first-order chi connectivity index (χ1) is 3.84. The van der Waals surface area contributed by atoms with Gasteiger partial charge in [-0.05, 0) is 22.4 Å². The zero-order valence-corrected chi connectivity index (χ0v) is 6.10. The molecule has 0 aliphatic rings. The Labute approximate surface area is 56.0 Å². The largest absolute Gasteiger partial charge is 0.363 e. The van der Waals surface area contributed by atoms with Crippen molar-refractivity contribution in [2.24, 2.45) is 0 Å². The summed E-state index contributed by atoms with van der Waals surface area (Å²) in [6.45, 7) is 2.03. The minimum Gasteiger partial charge on any atom is -0.363 e. The van der Waals surface area contributed by atoms with Crippen molar-refractivity contribution in [1.82, 2.24) is 5.16 Å². The van der Waals surface area contributed by atoms with Crippen molar-refractivity contribution in [3.8, 4) is 0 Å². The summed E-state index contributed by atoms with van der Waals surface area (Å²) < 4.78 is 5.60. The van der Waals surface area contributed by atoms with Gasteiger partial charge < -0.3 is 4.52 Å². The smallest absolute Gasteiger partial charge is 0.138 e. The summed E-state index contributed by atoms with van der Waals surface area (Å²) in [5, 5.41) is 3.71. The van der Waals surface area contributed by atoms with Crippen molar-refractivity contribution in [2.75, 3.05) is 0 Å². The lowest BCUT2D eigenvalue weighted by molar-refractivity contribution is 0.412. The van der Waals surface area contributed by atoms with E-state index in [9.17, 15) is 0 Å². The molecule has 0 unspecified atom stereocenters. The van der Waals surface area contributed by atoms with Crippen molar-refractivity contribution in [2.45, 2.75) is 13.3 Å². The number of hydrogen-bond donors (Lipinski definition) is 0. The summed E-state index contributed by atoms with van der Waals surface area (Å²) in [6, 6.07) is 0. The molecular weight excluding hydrogens is 170 g/mol. The second-order valence-corrected chi connectivity index (χ2v) is 2.32. The molecule has 0 atom stereocenters. The third-order valence-corrected chi connectivity index (χ3v) is 1.57. The van der Waals surface area contributed by atoms with Gasteiger partial charge in [-0.25, -0.2) is 0 Å². The zero-order valence-electron chi connectivity index (χ0n) is 4.52. The van der Waals surface area contributed by atoms with Crippen molar-refractivity contribution in [3.05, 3.63) is 16.4 Å². The molecule has 0 aliphatic heterocycles. The molecule has 3 heteroatoms. The molecule has 0 saturated carbocycles. The molecule has 1 aromatic rings. The molecule has 0 N–H and O–H groups in total. The Bertz CT molecular complexity index is 173. The first-order valence-corrected chi connectivity index (χ1v) is 3.22. The van der Waals surface area contributed by atoms with Crippen molar-refractivity contribution >= 4 is 15.9 Å². The van der Waals surface area contributed by atoms with Gasteiger partial charge in [-0.2, -0.15) is 0 Å². The van der Waals surface area contributed by atoms with Crippen LogP contribution in [0.15, 0.2) is 15.3 Å². The average Bonchev–Trinajstić information content (AvgIpc) is 2.14. The van der Waals surface area contributed by atoms with Gasteiger partial charge in [-0.15, -0.1) is 0 Å². The second-order valence-electron chi connectivity index (χ2n) is 1.46. The third kappa shape index (κ3) is 0.916. The number of hydrogen-bond acceptors (Lipinski definition) is 2. The van der Waals surface area contributed by atoms with Gasteiger partial charge in [0.15, 0.2) is 0 Å². The highest BCUT2D eigenvalue weighted by Crippen LogP contribution is 2.13. The van der Waals surface area contributed by atoms with Crippen LogP contribution < -0.4 is 0 Å². The van der Waals surface area contributed by atoms with Crippen LogP contribution in [-0.4, -0.2) is 5.16 Å². The van der Waals surface area contributed by atoms with Crippen LogP contribution in [0, 0.1) is 0 Å². The second kappa shape index (κ2) is 2.31. The highest BCUT2D eigenvalue weighted by molar-refractivity contribution is 9.10. The Hall–Kier alpha value is -0.310. The minimum absolute atomic E-state index is 0.914. The standard InChI is InChI=1S/C5H6BrNO/c1-2-5-4(6)3-8-7-5/h3H,2H2,1H3. The summed E-state index contributed by atoms with van der Waals surface area (Å²) in [6.07, 6.45) is 2.50. The number of halogens is 1. The van der Waals surface area contributed by atoms with E-state index >= 15 is 0 Å². The molecule has 44 valence electrons. The lowest BCUT2D eigenvalue weighted by Crippen LogP contribution is -1.76. The fourth-order valence-corrected chi connectivity index (χ4v) is 0.918. The van der Waals surface area contributed by atoms with Crippen LogP contribution in [0.25, 0.3) is 0 Å². The van der Waals surface area contributed by atoms with E-state index in [1.165, 1.54) is 0 Å². The van der Waals surface area contributed by atoms with Crippen LogP contribution in [-0.2, 0) is 6.42 Å². The molecule has 0 aromatic carbocycles. The van der Waals surface area contributed by atoms with Crippen molar-refractivity contribution in [1.29, 1.82) is 0 Å². The maximum Gasteiger partial charge on any atom is 0.138 e. The van der Waals surface area contributed by atoms with Crippen LogP contribution in [0.3, 0.4) is 0 Å². The van der Waals surface area contributed by atoms with E-state index in [1.807, 2.05) is 6.92 Å². The number of nitrogens with zero attached hydrogens (tertiary/aromatic N) is 1. The van der Waals surface area contributed by atoms with E-state index in [0.29, 0.717) is 0 Å². The van der Waals surface area contributed by atoms with Gasteiger partial charge in [0.1, 0.15) is 6.26 Å². The number of aryl methyl sites for hydroxylation is 1. The molecule has 0 amide bonds. The summed E-state index contributed by atoms with van der Waals surface area (Å²) in [5.74, 6) is 0. The Morgan fingerprint density at radius 1 is 1.88 bits per heavy atom. The van der Waals surface area contributed by atoms with Crippen LogP contribution in [0.2, 0.25) is 0 Å². The first-order valence-electron chi connectivity index (χ1n) is 2.43. The lowest BCUT2D eigenvalue weighted by Gasteiger charge is -1.81. The highest BCUT2D eigenvalue weighted by Gasteiger charge is 1.98. The minimum atomic E-state index is 0.914. The summed E-state index contributed by atoms with van der Waals surface area (Å²) in [4.78, 5) is 0. The molecule has 8 heavy (non-hydrogen) atoms. The Balaban J connectivity index is 2.92. The van der Waals surface area contributed by atoms with Gasteiger partial charge in [-0.3, -0.25) is 0 Å². The molecule has 0 bridgehead atoms. The van der Waals surface area contributed by atoms with Crippen LogP contribution in [0.1, 0.15) is 12.6 Å². The van der Waals surface area contributed by atoms with Crippen LogP contribution in [0.4, 0.5) is 0 Å². The molecule has 2 nitrogen and oxygen atoms in total. The molecule has 0 saturated heterocycles. The van der Waals surface area contributed by atoms with Gasteiger partial charge >= 0.3 is 0 Å². The maximum atomic E-state index is 4.64. The summed E-state index contributed by atoms with van der Waals surface area (Å²) >= 11 is 3.27. The molecular formula is C5H6BrNO. The van der Waals surface area contributed by atoms with Crippen molar-refractivity contribution in [3.63, 3.8) is 0 Å². The lowest BCUT2D eigenvalue weighted by atomic mass is 10.4. The predicted octanol–water partition coefficient (Wildman–Crippen LogP) is 2.00. The normalized spacial score (nSPS) is 9.75. The Morgan fingerprint density at radius 3 is 2.88 bits per heavy atom.